The van der Waals surface area contributed by atoms with Gasteiger partial charge < -0.3 is 14.9 Å². The number of carbonyl (C=O) groups is 1. The lowest BCUT2D eigenvalue weighted by Gasteiger charge is -2.39. The van der Waals surface area contributed by atoms with Crippen LogP contribution in [0.5, 0.6) is 0 Å². The second kappa shape index (κ2) is 8.33. The second-order valence-corrected chi connectivity index (χ2v) is 7.94. The summed E-state index contributed by atoms with van der Waals surface area (Å²) in [5, 5.41) is 10.8. The van der Waals surface area contributed by atoms with Crippen molar-refractivity contribution in [1.29, 1.82) is 0 Å². The van der Waals surface area contributed by atoms with Gasteiger partial charge in [-0.3, -0.25) is 4.79 Å². The zero-order chi connectivity index (χ0) is 17.7. The van der Waals surface area contributed by atoms with E-state index in [1.807, 2.05) is 23.1 Å². The second-order valence-electron chi connectivity index (χ2n) is 7.94. The van der Waals surface area contributed by atoms with Crippen molar-refractivity contribution in [2.45, 2.75) is 63.0 Å². The largest absolute Gasteiger partial charge is 0.389 e. The van der Waals surface area contributed by atoms with Crippen LogP contribution in [0.1, 0.15) is 50.5 Å². The SMILES string of the molecule is CN1CCCCC1CCC(=O)N1CCC(O)(Cc2ccccc2)CC1. The maximum atomic E-state index is 12.5. The Hall–Kier alpha value is -1.39. The Morgan fingerprint density at radius 3 is 2.56 bits per heavy atom. The highest BCUT2D eigenvalue weighted by Gasteiger charge is 2.34. The third-order valence-electron chi connectivity index (χ3n) is 6.04. The summed E-state index contributed by atoms with van der Waals surface area (Å²) in [7, 11) is 2.18. The molecule has 0 aliphatic carbocycles. The molecule has 4 nitrogen and oxygen atoms in total. The van der Waals surface area contributed by atoms with E-state index in [9.17, 15) is 9.90 Å². The van der Waals surface area contributed by atoms with Crippen LogP contribution < -0.4 is 0 Å². The molecule has 138 valence electrons. The normalized spacial score (nSPS) is 24.2. The van der Waals surface area contributed by atoms with Crippen LogP contribution in [0.15, 0.2) is 30.3 Å². The molecule has 4 heteroatoms. The van der Waals surface area contributed by atoms with E-state index in [2.05, 4.69) is 24.1 Å². The van der Waals surface area contributed by atoms with E-state index in [1.54, 1.807) is 0 Å². The van der Waals surface area contributed by atoms with Crippen LogP contribution >= 0.6 is 0 Å². The molecule has 1 N–H and O–H groups in total. The summed E-state index contributed by atoms with van der Waals surface area (Å²) in [6.45, 7) is 2.53. The molecule has 1 aromatic rings. The molecule has 3 rings (SSSR count). The van der Waals surface area contributed by atoms with E-state index < -0.39 is 5.60 Å². The van der Waals surface area contributed by atoms with Gasteiger partial charge >= 0.3 is 0 Å². The number of rotatable bonds is 5. The monoisotopic (exact) mass is 344 g/mol. The number of nitrogens with zero attached hydrogens (tertiary/aromatic N) is 2. The topological polar surface area (TPSA) is 43.8 Å². The van der Waals surface area contributed by atoms with E-state index in [4.69, 9.17) is 0 Å². The zero-order valence-electron chi connectivity index (χ0n) is 15.5. The molecule has 1 aromatic carbocycles. The summed E-state index contributed by atoms with van der Waals surface area (Å²) in [4.78, 5) is 16.9. The van der Waals surface area contributed by atoms with E-state index >= 15 is 0 Å². The molecule has 0 aromatic heterocycles. The number of hydrogen-bond acceptors (Lipinski definition) is 3. The molecule has 2 aliphatic rings. The third-order valence-corrected chi connectivity index (χ3v) is 6.04. The van der Waals surface area contributed by atoms with Crippen molar-refractivity contribution in [2.24, 2.45) is 0 Å². The van der Waals surface area contributed by atoms with Gasteiger partial charge in [0.15, 0.2) is 0 Å². The van der Waals surface area contributed by atoms with Gasteiger partial charge in [0.05, 0.1) is 5.60 Å². The highest BCUT2D eigenvalue weighted by atomic mass is 16.3. The lowest BCUT2D eigenvalue weighted by Crippen LogP contribution is -2.48. The van der Waals surface area contributed by atoms with Gasteiger partial charge in [0.1, 0.15) is 0 Å². The summed E-state index contributed by atoms with van der Waals surface area (Å²) < 4.78 is 0. The Kier molecular flexibility index (Phi) is 6.13. The minimum absolute atomic E-state index is 0.265. The van der Waals surface area contributed by atoms with Gasteiger partial charge in [-0.2, -0.15) is 0 Å². The first-order valence-electron chi connectivity index (χ1n) is 9.80. The number of likely N-dealkylation sites (tertiary alicyclic amines) is 2. The highest BCUT2D eigenvalue weighted by molar-refractivity contribution is 5.76. The molecule has 1 atom stereocenters. The van der Waals surface area contributed by atoms with Crippen molar-refractivity contribution >= 4 is 5.91 Å². The summed E-state index contributed by atoms with van der Waals surface area (Å²) in [5.74, 6) is 0.265. The minimum atomic E-state index is -0.665. The minimum Gasteiger partial charge on any atom is -0.389 e. The quantitative estimate of drug-likeness (QED) is 0.893. The van der Waals surface area contributed by atoms with Gasteiger partial charge in [0.25, 0.3) is 0 Å². The van der Waals surface area contributed by atoms with Gasteiger partial charge in [-0.1, -0.05) is 36.8 Å². The fraction of sp³-hybridized carbons (Fsp3) is 0.667. The summed E-state index contributed by atoms with van der Waals surface area (Å²) >= 11 is 0. The van der Waals surface area contributed by atoms with Crippen LogP contribution in [-0.2, 0) is 11.2 Å². The Balaban J connectivity index is 1.44. The average Bonchev–Trinajstić information content (AvgIpc) is 2.62. The van der Waals surface area contributed by atoms with Gasteiger partial charge in [0.2, 0.25) is 5.91 Å². The van der Waals surface area contributed by atoms with E-state index in [0.717, 1.165) is 13.0 Å². The molecule has 1 amide bonds. The fourth-order valence-electron chi connectivity index (χ4n) is 4.28. The molecule has 0 bridgehead atoms. The van der Waals surface area contributed by atoms with Crippen LogP contribution in [0, 0.1) is 0 Å². The van der Waals surface area contributed by atoms with Crippen molar-refractivity contribution in [2.75, 3.05) is 26.7 Å². The fourth-order valence-corrected chi connectivity index (χ4v) is 4.28. The predicted molar refractivity (Wildman–Crippen MR) is 100 cm³/mol. The van der Waals surface area contributed by atoms with Crippen molar-refractivity contribution < 1.29 is 9.90 Å². The zero-order valence-corrected chi connectivity index (χ0v) is 15.5. The summed E-state index contributed by atoms with van der Waals surface area (Å²) in [6.07, 6.45) is 7.45. The smallest absolute Gasteiger partial charge is 0.222 e. The van der Waals surface area contributed by atoms with E-state index in [-0.39, 0.29) is 5.91 Å². The van der Waals surface area contributed by atoms with Gasteiger partial charge in [-0.15, -0.1) is 0 Å². The maximum Gasteiger partial charge on any atom is 0.222 e. The van der Waals surface area contributed by atoms with Crippen LogP contribution in [0.25, 0.3) is 0 Å². The molecule has 25 heavy (non-hydrogen) atoms. The molecule has 0 saturated carbocycles. The lowest BCUT2D eigenvalue weighted by molar-refractivity contribution is -0.135. The molecule has 1 unspecified atom stereocenters. The molecule has 0 spiro atoms. The van der Waals surface area contributed by atoms with Crippen molar-refractivity contribution in [3.05, 3.63) is 35.9 Å². The molecule has 0 radical (unpaired) electrons. The Morgan fingerprint density at radius 2 is 1.88 bits per heavy atom. The van der Waals surface area contributed by atoms with Crippen LogP contribution in [0.2, 0.25) is 0 Å². The first-order valence-corrected chi connectivity index (χ1v) is 9.80. The van der Waals surface area contributed by atoms with Gasteiger partial charge in [-0.25, -0.2) is 0 Å². The Morgan fingerprint density at radius 1 is 1.16 bits per heavy atom. The average molecular weight is 344 g/mol. The number of aliphatic hydroxyl groups is 1. The number of hydrogen-bond donors (Lipinski definition) is 1. The number of amides is 1. The summed E-state index contributed by atoms with van der Waals surface area (Å²) in [5.41, 5.74) is 0.506. The van der Waals surface area contributed by atoms with E-state index in [0.29, 0.717) is 44.8 Å². The molecule has 2 saturated heterocycles. The number of benzene rings is 1. The summed E-state index contributed by atoms with van der Waals surface area (Å²) in [6, 6.07) is 10.7. The third kappa shape index (κ3) is 5.05. The Labute approximate surface area is 151 Å². The molecule has 2 fully saturated rings. The molecular formula is C21H32N2O2. The van der Waals surface area contributed by atoms with Crippen LogP contribution in [0.4, 0.5) is 0 Å². The van der Waals surface area contributed by atoms with Gasteiger partial charge in [0, 0.05) is 32.0 Å². The number of carbonyl (C=O) groups excluding carboxylic acids is 1. The van der Waals surface area contributed by atoms with Crippen LogP contribution in [0.3, 0.4) is 0 Å². The molecule has 2 heterocycles. The predicted octanol–water partition coefficient (Wildman–Crippen LogP) is 2.85. The first-order chi connectivity index (χ1) is 12.1. The molecule has 2 aliphatic heterocycles. The lowest BCUT2D eigenvalue weighted by atomic mass is 9.85. The number of piperidine rings is 2. The Bertz CT molecular complexity index is 552. The van der Waals surface area contributed by atoms with Gasteiger partial charge in [-0.05, 0) is 51.3 Å². The molecular weight excluding hydrogens is 312 g/mol. The standard InChI is InChI=1S/C21H32N2O2/c1-22-14-6-5-9-19(22)10-11-20(24)23-15-12-21(25,13-16-23)17-18-7-3-2-4-8-18/h2-4,7-8,19,25H,5-6,9-17H2,1H3. The van der Waals surface area contributed by atoms with Crippen molar-refractivity contribution in [3.63, 3.8) is 0 Å². The highest BCUT2D eigenvalue weighted by Crippen LogP contribution is 2.27. The maximum absolute atomic E-state index is 12.5. The van der Waals surface area contributed by atoms with E-state index in [1.165, 1.54) is 24.8 Å². The van der Waals surface area contributed by atoms with Crippen molar-refractivity contribution in [3.8, 4) is 0 Å². The first kappa shape index (κ1) is 18.4. The van der Waals surface area contributed by atoms with Crippen molar-refractivity contribution in [1.82, 2.24) is 9.80 Å². The van der Waals surface area contributed by atoms with Crippen LogP contribution in [-0.4, -0.2) is 59.1 Å².